The molecule has 0 radical (unpaired) electrons. The summed E-state index contributed by atoms with van der Waals surface area (Å²) < 4.78 is 16.4. The van der Waals surface area contributed by atoms with E-state index in [2.05, 4.69) is 21.5 Å². The molecule has 1 unspecified atom stereocenters. The SMILES string of the molecule is CC1CNCCCN1Sc1cccc2cncc(F)c12. The van der Waals surface area contributed by atoms with Crippen molar-refractivity contribution in [3.8, 4) is 0 Å². The summed E-state index contributed by atoms with van der Waals surface area (Å²) in [4.78, 5) is 4.89. The number of halogens is 1. The molecule has 1 saturated heterocycles. The van der Waals surface area contributed by atoms with Crippen LogP contribution in [0, 0.1) is 5.82 Å². The molecule has 1 atom stereocenters. The first-order valence-electron chi connectivity index (χ1n) is 6.93. The molecule has 106 valence electrons. The van der Waals surface area contributed by atoms with E-state index in [0.29, 0.717) is 11.4 Å². The molecular formula is C15H18FN3S. The number of hydrogen-bond acceptors (Lipinski definition) is 4. The predicted octanol–water partition coefficient (Wildman–Crippen LogP) is 3.06. The second-order valence-electron chi connectivity index (χ2n) is 5.11. The van der Waals surface area contributed by atoms with E-state index < -0.39 is 0 Å². The average molecular weight is 291 g/mol. The van der Waals surface area contributed by atoms with Crippen LogP contribution in [0.3, 0.4) is 0 Å². The molecule has 1 aromatic carbocycles. The van der Waals surface area contributed by atoms with E-state index in [9.17, 15) is 4.39 Å². The van der Waals surface area contributed by atoms with Crippen molar-refractivity contribution in [2.75, 3.05) is 19.6 Å². The number of nitrogens with zero attached hydrogens (tertiary/aromatic N) is 2. The van der Waals surface area contributed by atoms with Crippen molar-refractivity contribution < 1.29 is 4.39 Å². The van der Waals surface area contributed by atoms with Crippen LogP contribution >= 0.6 is 11.9 Å². The molecule has 1 fully saturated rings. The van der Waals surface area contributed by atoms with Crippen molar-refractivity contribution in [2.45, 2.75) is 24.3 Å². The fourth-order valence-electron chi connectivity index (χ4n) is 2.49. The Labute approximate surface area is 122 Å². The Hall–Kier alpha value is -1.17. The normalized spacial score (nSPS) is 21.0. The quantitative estimate of drug-likeness (QED) is 0.861. The summed E-state index contributed by atoms with van der Waals surface area (Å²) in [6.07, 6.45) is 4.13. The van der Waals surface area contributed by atoms with E-state index in [-0.39, 0.29) is 5.82 Å². The first kappa shape index (κ1) is 13.8. The van der Waals surface area contributed by atoms with Crippen molar-refractivity contribution in [1.82, 2.24) is 14.6 Å². The fourth-order valence-corrected chi connectivity index (χ4v) is 3.66. The highest BCUT2D eigenvalue weighted by molar-refractivity contribution is 7.97. The van der Waals surface area contributed by atoms with Gasteiger partial charge in [-0.15, -0.1) is 0 Å². The van der Waals surface area contributed by atoms with Crippen molar-refractivity contribution >= 4 is 22.7 Å². The van der Waals surface area contributed by atoms with E-state index in [4.69, 9.17) is 0 Å². The highest BCUT2D eigenvalue weighted by Crippen LogP contribution is 2.33. The molecule has 5 heteroatoms. The van der Waals surface area contributed by atoms with Gasteiger partial charge in [-0.05, 0) is 37.9 Å². The number of benzene rings is 1. The minimum absolute atomic E-state index is 0.244. The molecule has 0 spiro atoms. The van der Waals surface area contributed by atoms with Crippen LogP contribution in [-0.2, 0) is 0 Å². The molecule has 20 heavy (non-hydrogen) atoms. The van der Waals surface area contributed by atoms with Crippen molar-refractivity contribution in [2.24, 2.45) is 0 Å². The lowest BCUT2D eigenvalue weighted by atomic mass is 10.2. The van der Waals surface area contributed by atoms with Crippen LogP contribution in [0.4, 0.5) is 4.39 Å². The molecular weight excluding hydrogens is 273 g/mol. The summed E-state index contributed by atoms with van der Waals surface area (Å²) in [5.74, 6) is -0.244. The Morgan fingerprint density at radius 2 is 2.30 bits per heavy atom. The highest BCUT2D eigenvalue weighted by atomic mass is 32.2. The van der Waals surface area contributed by atoms with Gasteiger partial charge in [-0.2, -0.15) is 0 Å². The number of hydrogen-bond donors (Lipinski definition) is 1. The Morgan fingerprint density at radius 1 is 1.40 bits per heavy atom. The van der Waals surface area contributed by atoms with Crippen LogP contribution in [0.5, 0.6) is 0 Å². The maximum atomic E-state index is 14.1. The van der Waals surface area contributed by atoms with Crippen molar-refractivity contribution in [3.05, 3.63) is 36.4 Å². The van der Waals surface area contributed by atoms with Gasteiger partial charge in [0.1, 0.15) is 5.82 Å². The summed E-state index contributed by atoms with van der Waals surface area (Å²) in [5, 5.41) is 4.96. The van der Waals surface area contributed by atoms with Crippen LogP contribution < -0.4 is 5.32 Å². The zero-order chi connectivity index (χ0) is 13.9. The maximum absolute atomic E-state index is 14.1. The molecule has 1 N–H and O–H groups in total. The zero-order valence-electron chi connectivity index (χ0n) is 11.5. The first-order valence-corrected chi connectivity index (χ1v) is 7.70. The molecule has 3 nitrogen and oxygen atoms in total. The highest BCUT2D eigenvalue weighted by Gasteiger charge is 2.19. The number of nitrogens with one attached hydrogen (secondary N) is 1. The van der Waals surface area contributed by atoms with Crippen LogP contribution in [-0.4, -0.2) is 35.0 Å². The topological polar surface area (TPSA) is 28.2 Å². The summed E-state index contributed by atoms with van der Waals surface area (Å²) in [6, 6.07) is 6.29. The summed E-state index contributed by atoms with van der Waals surface area (Å²) in [5.41, 5.74) is 0. The Morgan fingerprint density at radius 3 is 3.20 bits per heavy atom. The standard InChI is InChI=1S/C15H18FN3S/c1-11-8-17-6-3-7-19(11)20-14-5-2-4-12-9-18-10-13(16)15(12)14/h2,4-5,9-11,17H,3,6-8H2,1H3. The molecule has 0 aliphatic carbocycles. The van der Waals surface area contributed by atoms with Gasteiger partial charge in [0.15, 0.2) is 0 Å². The zero-order valence-corrected chi connectivity index (χ0v) is 12.3. The Bertz CT molecular complexity index is 599. The van der Waals surface area contributed by atoms with Gasteiger partial charge in [0.05, 0.1) is 6.20 Å². The van der Waals surface area contributed by atoms with E-state index in [0.717, 1.165) is 36.3 Å². The number of aromatic nitrogens is 1. The molecule has 2 aromatic rings. The van der Waals surface area contributed by atoms with E-state index in [1.54, 1.807) is 18.1 Å². The first-order chi connectivity index (χ1) is 9.75. The molecule has 3 rings (SSSR count). The van der Waals surface area contributed by atoms with Gasteiger partial charge in [-0.25, -0.2) is 8.70 Å². The van der Waals surface area contributed by atoms with E-state index in [1.165, 1.54) is 6.20 Å². The van der Waals surface area contributed by atoms with Crippen LogP contribution in [0.2, 0.25) is 0 Å². The predicted molar refractivity (Wildman–Crippen MR) is 81.2 cm³/mol. The fraction of sp³-hybridized carbons (Fsp3) is 0.400. The van der Waals surface area contributed by atoms with Gasteiger partial charge in [-0.3, -0.25) is 4.98 Å². The maximum Gasteiger partial charge on any atom is 0.150 e. The van der Waals surface area contributed by atoms with E-state index in [1.807, 2.05) is 18.2 Å². The minimum Gasteiger partial charge on any atom is -0.315 e. The lowest BCUT2D eigenvalue weighted by Gasteiger charge is -2.25. The van der Waals surface area contributed by atoms with Gasteiger partial charge < -0.3 is 5.32 Å². The summed E-state index contributed by atoms with van der Waals surface area (Å²) in [6.45, 7) is 5.24. The van der Waals surface area contributed by atoms with Crippen LogP contribution in [0.15, 0.2) is 35.5 Å². The molecule has 2 heterocycles. The Kier molecular flexibility index (Phi) is 4.19. The van der Waals surface area contributed by atoms with Gasteiger partial charge in [0, 0.05) is 41.0 Å². The van der Waals surface area contributed by atoms with Crippen molar-refractivity contribution in [1.29, 1.82) is 0 Å². The van der Waals surface area contributed by atoms with Gasteiger partial charge in [0.2, 0.25) is 0 Å². The lowest BCUT2D eigenvalue weighted by Crippen LogP contribution is -2.32. The molecule has 0 bridgehead atoms. The third-order valence-corrected chi connectivity index (χ3v) is 4.89. The summed E-state index contributed by atoms with van der Waals surface area (Å²) >= 11 is 1.66. The summed E-state index contributed by atoms with van der Waals surface area (Å²) in [7, 11) is 0. The monoisotopic (exact) mass is 291 g/mol. The molecule has 1 aliphatic rings. The van der Waals surface area contributed by atoms with E-state index >= 15 is 0 Å². The van der Waals surface area contributed by atoms with Gasteiger partial charge >= 0.3 is 0 Å². The minimum atomic E-state index is -0.244. The Balaban J connectivity index is 1.94. The molecule has 0 amide bonds. The van der Waals surface area contributed by atoms with Gasteiger partial charge in [-0.1, -0.05) is 12.1 Å². The lowest BCUT2D eigenvalue weighted by molar-refractivity contribution is 0.394. The second-order valence-corrected chi connectivity index (χ2v) is 6.21. The number of fused-ring (bicyclic) bond motifs is 1. The van der Waals surface area contributed by atoms with Crippen LogP contribution in [0.25, 0.3) is 10.8 Å². The molecule has 0 saturated carbocycles. The second kappa shape index (κ2) is 6.08. The number of rotatable bonds is 2. The average Bonchev–Trinajstić information content (AvgIpc) is 2.65. The van der Waals surface area contributed by atoms with Gasteiger partial charge in [0.25, 0.3) is 0 Å². The van der Waals surface area contributed by atoms with Crippen LogP contribution in [0.1, 0.15) is 13.3 Å². The smallest absolute Gasteiger partial charge is 0.150 e. The molecule has 1 aliphatic heterocycles. The third-order valence-electron chi connectivity index (χ3n) is 3.58. The largest absolute Gasteiger partial charge is 0.315 e. The van der Waals surface area contributed by atoms with Crippen molar-refractivity contribution in [3.63, 3.8) is 0 Å². The number of pyridine rings is 1. The third kappa shape index (κ3) is 2.80. The molecule has 1 aromatic heterocycles.